The summed E-state index contributed by atoms with van der Waals surface area (Å²) in [6.07, 6.45) is 14.7. The van der Waals surface area contributed by atoms with E-state index in [4.69, 9.17) is 0 Å². The molecule has 0 radical (unpaired) electrons. The quantitative estimate of drug-likeness (QED) is 0.125. The molecule has 0 heterocycles. The van der Waals surface area contributed by atoms with E-state index in [1.165, 1.54) is 77.0 Å². The van der Waals surface area contributed by atoms with Crippen molar-refractivity contribution in [1.82, 2.24) is 0 Å². The van der Waals surface area contributed by atoms with Crippen LogP contribution in [0.3, 0.4) is 0 Å². The highest BCUT2D eigenvalue weighted by molar-refractivity contribution is 7.19. The smallest absolute Gasteiger partial charge is 0.0645 e. The fraction of sp³-hybridized carbons (Fsp3) is 0.600. The van der Waals surface area contributed by atoms with E-state index in [1.54, 1.807) is 43.8 Å². The third-order valence-corrected chi connectivity index (χ3v) is 28.1. The van der Waals surface area contributed by atoms with Crippen LogP contribution in [0.2, 0.25) is 0 Å². The molecule has 0 amide bonds. The van der Waals surface area contributed by atoms with Crippen LogP contribution in [0.5, 0.6) is 0 Å². The first-order valence-corrected chi connectivity index (χ1v) is 29.5. The number of rotatable bonds is 12. The van der Waals surface area contributed by atoms with Gasteiger partial charge < -0.3 is 0 Å². The maximum absolute atomic E-state index is 2.86. The summed E-state index contributed by atoms with van der Waals surface area (Å²) in [5, 5.41) is 7.05. The lowest BCUT2D eigenvalue weighted by molar-refractivity contribution is 0.324. The van der Waals surface area contributed by atoms with Gasteiger partial charge in [0.2, 0.25) is 0 Å². The molecule has 8 rings (SSSR count). The molecule has 0 unspecified atom stereocenters. The minimum absolute atomic E-state index is 0.0814. The van der Waals surface area contributed by atoms with E-state index in [-0.39, 0.29) is 43.3 Å². The van der Waals surface area contributed by atoms with Crippen molar-refractivity contribution in [1.29, 1.82) is 0 Å². The minimum atomic E-state index is -1.51. The molecule has 62 heavy (non-hydrogen) atoms. The van der Waals surface area contributed by atoms with Gasteiger partial charge in [-0.1, -0.05) is 184 Å². The lowest BCUT2D eigenvalue weighted by atomic mass is 9.73. The molecule has 0 nitrogen and oxygen atoms in total. The van der Waals surface area contributed by atoms with Gasteiger partial charge in [0.05, 0.1) is 15.8 Å². The van der Waals surface area contributed by atoms with Gasteiger partial charge in [-0.2, -0.15) is 0 Å². The number of benzene rings is 4. The molecule has 0 N–H and O–H groups in total. The third kappa shape index (κ3) is 6.34. The van der Waals surface area contributed by atoms with Crippen LogP contribution in [0.15, 0.2) is 72.8 Å². The van der Waals surface area contributed by atoms with Crippen molar-refractivity contribution >= 4 is 36.5 Å². The Bertz CT molecular complexity index is 2210. The molecule has 4 aromatic carbocycles. The largest absolute Gasteiger partial charge is 0.0694 e. The highest BCUT2D eigenvalue weighted by atomic mass is 28.9. The zero-order valence-electron chi connectivity index (χ0n) is 42.4. The van der Waals surface area contributed by atoms with Crippen LogP contribution in [0, 0.1) is 0 Å². The fourth-order valence-electron chi connectivity index (χ4n) is 15.9. The Kier molecular flexibility index (Phi) is 11.4. The molecule has 0 atom stereocenters. The summed E-state index contributed by atoms with van der Waals surface area (Å²) in [6, 6.07) is 30.4. The second-order valence-corrected chi connectivity index (χ2v) is 30.5. The summed E-state index contributed by atoms with van der Waals surface area (Å²) < 4.78 is 0. The van der Waals surface area contributed by atoms with Crippen LogP contribution in [0.4, 0.5) is 0 Å². The maximum Gasteiger partial charge on any atom is 0.0694 e. The van der Waals surface area contributed by atoms with Gasteiger partial charge in [-0.3, -0.25) is 0 Å². The molecule has 332 valence electrons. The lowest BCUT2D eigenvalue weighted by Gasteiger charge is -2.37. The van der Waals surface area contributed by atoms with Gasteiger partial charge in [0, 0.05) is 0 Å². The first-order chi connectivity index (χ1) is 29.2. The lowest BCUT2D eigenvalue weighted by Crippen LogP contribution is -2.58. The average molecular weight is 862 g/mol. The van der Waals surface area contributed by atoms with Crippen LogP contribution in [0.1, 0.15) is 232 Å². The van der Waals surface area contributed by atoms with E-state index >= 15 is 0 Å². The van der Waals surface area contributed by atoms with E-state index in [2.05, 4.69) is 184 Å². The fourth-order valence-corrected chi connectivity index (χ4v) is 27.1. The molecular formula is C60H84Si2. The summed E-state index contributed by atoms with van der Waals surface area (Å²) >= 11 is 0. The predicted octanol–water partition coefficient (Wildman–Crippen LogP) is 13.6. The molecule has 0 saturated heterocycles. The van der Waals surface area contributed by atoms with Crippen molar-refractivity contribution < 1.29 is 0 Å². The van der Waals surface area contributed by atoms with Crippen molar-refractivity contribution in [3.05, 3.63) is 117 Å². The molecule has 0 aromatic heterocycles. The van der Waals surface area contributed by atoms with E-state index in [0.29, 0.717) is 0 Å². The summed E-state index contributed by atoms with van der Waals surface area (Å²) in [5.74, 6) is 0. The minimum Gasteiger partial charge on any atom is -0.0645 e. The molecule has 0 saturated carbocycles. The van der Waals surface area contributed by atoms with Gasteiger partial charge in [-0.05, 0) is 186 Å². The molecule has 4 aromatic rings. The number of fused-ring (bicyclic) bond motifs is 4. The van der Waals surface area contributed by atoms with Crippen LogP contribution in [-0.2, 0) is 43.3 Å². The molecule has 0 spiro atoms. The first kappa shape index (κ1) is 45.9. The van der Waals surface area contributed by atoms with E-state index in [0.717, 1.165) is 0 Å². The zero-order chi connectivity index (χ0) is 45.1. The van der Waals surface area contributed by atoms with Crippen molar-refractivity contribution in [2.75, 3.05) is 0 Å². The standard InChI is InChI=1S/C60H84Si2/c1-17-57(18-2)39-55(13,14)47-45(57)35-43-49(59(21-5,22-6)37-53(43,9)10)51(47)61(41-31-27-25-28-32-41)62(42-33-29-26-30-34-42)52-48-46(58(19-3,20-4)40-56(48,15)16)36-44-50(52)60(23-7,24-8)38-54(44,11)12/h25-36H,17-24,37-40H2,1-16H3/b62-61+. The molecule has 2 heteroatoms. The zero-order valence-corrected chi connectivity index (χ0v) is 44.4. The van der Waals surface area contributed by atoms with Gasteiger partial charge in [0.15, 0.2) is 0 Å². The number of hydrogen-bond acceptors (Lipinski definition) is 0. The molecule has 0 fully saturated rings. The molecule has 0 aliphatic heterocycles. The SMILES string of the molecule is CCC1(CC)CC(C)(C)c2c1cc1c(c2/[Si](c2ccccc2)=[Si](\c2ccccc2)c2c3c(cc4c2C(CC)(CC)CC4(C)C)C(CC)(CC)CC3(C)C)C(CC)(CC)CC1(C)C. The average Bonchev–Trinajstić information content (AvgIpc) is 3.85. The van der Waals surface area contributed by atoms with E-state index in [1.807, 2.05) is 21.5 Å². The molecule has 4 aliphatic carbocycles. The van der Waals surface area contributed by atoms with Crippen LogP contribution in [-0.4, -0.2) is 15.8 Å². The summed E-state index contributed by atoms with van der Waals surface area (Å²) in [5.41, 5.74) is 15.2. The second-order valence-electron chi connectivity index (χ2n) is 23.9. The predicted molar refractivity (Wildman–Crippen MR) is 275 cm³/mol. The van der Waals surface area contributed by atoms with Gasteiger partial charge >= 0.3 is 0 Å². The van der Waals surface area contributed by atoms with E-state index in [9.17, 15) is 0 Å². The van der Waals surface area contributed by atoms with Crippen molar-refractivity contribution in [2.24, 2.45) is 0 Å². The van der Waals surface area contributed by atoms with Crippen LogP contribution >= 0.6 is 0 Å². The highest BCUT2D eigenvalue weighted by Crippen LogP contribution is 2.61. The Morgan fingerprint density at radius 1 is 0.339 bits per heavy atom. The molecule has 0 bridgehead atoms. The van der Waals surface area contributed by atoms with Crippen LogP contribution in [0.25, 0.3) is 0 Å². The summed E-state index contributed by atoms with van der Waals surface area (Å²) in [6.45, 7) is 41.4. The van der Waals surface area contributed by atoms with Gasteiger partial charge in [0.25, 0.3) is 0 Å². The van der Waals surface area contributed by atoms with E-state index < -0.39 is 15.8 Å². The van der Waals surface area contributed by atoms with Crippen molar-refractivity contribution in [2.45, 2.75) is 231 Å². The molecular weight excluding hydrogens is 777 g/mol. The normalized spacial score (nSPS) is 22.5. The maximum atomic E-state index is 2.86. The Hall–Kier alpha value is -2.69. The Morgan fingerprint density at radius 2 is 0.613 bits per heavy atom. The Balaban J connectivity index is 1.76. The third-order valence-electron chi connectivity index (χ3n) is 19.1. The van der Waals surface area contributed by atoms with Crippen LogP contribution < -0.4 is 20.7 Å². The Morgan fingerprint density at radius 3 is 0.887 bits per heavy atom. The Labute approximate surface area is 383 Å². The first-order valence-electron chi connectivity index (χ1n) is 25.5. The van der Waals surface area contributed by atoms with Gasteiger partial charge in [0.1, 0.15) is 0 Å². The highest BCUT2D eigenvalue weighted by Gasteiger charge is 2.57. The topological polar surface area (TPSA) is 0 Å². The van der Waals surface area contributed by atoms with Gasteiger partial charge in [-0.15, -0.1) is 0 Å². The summed E-state index contributed by atoms with van der Waals surface area (Å²) in [4.78, 5) is 0. The van der Waals surface area contributed by atoms with Crippen molar-refractivity contribution in [3.8, 4) is 0 Å². The number of hydrogen-bond donors (Lipinski definition) is 0. The van der Waals surface area contributed by atoms with Crippen molar-refractivity contribution in [3.63, 3.8) is 0 Å². The molecule has 4 aliphatic rings. The monoisotopic (exact) mass is 861 g/mol. The van der Waals surface area contributed by atoms with Gasteiger partial charge in [-0.25, -0.2) is 0 Å². The second kappa shape index (κ2) is 15.5. The summed E-state index contributed by atoms with van der Waals surface area (Å²) in [7, 11) is -3.02.